The third-order valence-electron chi connectivity index (χ3n) is 10.5. The van der Waals surface area contributed by atoms with Gasteiger partial charge in [0.2, 0.25) is 5.76 Å². The molecule has 0 amide bonds. The number of aromatic hydroxyl groups is 2. The summed E-state index contributed by atoms with van der Waals surface area (Å²) in [4.78, 5) is 54.4. The number of phenolic OH excluding ortho intramolecular Hbond substituents is 2. The van der Waals surface area contributed by atoms with Crippen molar-refractivity contribution in [1.82, 2.24) is 0 Å². The molecule has 0 heterocycles. The van der Waals surface area contributed by atoms with Gasteiger partial charge in [-0.3, -0.25) is 9.59 Å². The highest BCUT2D eigenvalue weighted by atomic mass is 79.9. The minimum atomic E-state index is -0.579. The van der Waals surface area contributed by atoms with E-state index in [-0.39, 0.29) is 35.8 Å². The fourth-order valence-corrected chi connectivity index (χ4v) is 6.83. The molecule has 1 unspecified atom stereocenters. The quantitative estimate of drug-likeness (QED) is 0.0144. The summed E-state index contributed by atoms with van der Waals surface area (Å²) in [7, 11) is 0. The van der Waals surface area contributed by atoms with Crippen LogP contribution >= 0.6 is 15.9 Å². The molecule has 0 aliphatic heterocycles. The topological polar surface area (TPSA) is 200 Å². The van der Waals surface area contributed by atoms with Crippen LogP contribution in [0.5, 0.6) is 23.0 Å². The highest BCUT2D eigenvalue weighted by Gasteiger charge is 2.20. The van der Waals surface area contributed by atoms with Crippen molar-refractivity contribution in [3.05, 3.63) is 233 Å². The number of carbonyl (C=O) groups excluding carboxylic acids is 5. The Kier molecular flexibility index (Phi) is 38.3. The van der Waals surface area contributed by atoms with Crippen LogP contribution < -0.4 is 9.47 Å². The summed E-state index contributed by atoms with van der Waals surface area (Å²) in [5.74, 6) is 1.04. The number of esters is 3. The first-order chi connectivity index (χ1) is 40.3. The number of hydrogen-bond acceptors (Lipinski definition) is 15. The highest BCUT2D eigenvalue weighted by Crippen LogP contribution is 2.18. The number of benzene rings is 7. The molecule has 7 rings (SSSR count). The Labute approximate surface area is 496 Å². The molecule has 0 aromatic heterocycles. The summed E-state index contributed by atoms with van der Waals surface area (Å²) in [5.41, 5.74) is 6.57. The van der Waals surface area contributed by atoms with Gasteiger partial charge in [-0.2, -0.15) is 0 Å². The monoisotopic (exact) mass is 1200 g/mol. The Morgan fingerprint density at radius 1 is 0.458 bits per heavy atom. The number of halogens is 1. The van der Waals surface area contributed by atoms with Crippen LogP contribution in [0.25, 0.3) is 6.08 Å². The van der Waals surface area contributed by atoms with Gasteiger partial charge >= 0.3 is 17.9 Å². The van der Waals surface area contributed by atoms with E-state index in [1.165, 1.54) is 17.7 Å². The standard InChI is InChI=1S/C20H22O4.C14H12O2.C13H18O4.C7H7Br.C7H6O2.C6H12O3/c1-3-22-19(20(21)23-4-2)14-16-10-12-18(13-11-16)24-15-17-8-6-5-7-9-17;15-10-12-6-8-14(9-7-12)16-11-13-4-2-1-3-5-13;1-3-16-12(13(15)17-4-2)9-10-5-7-11(14)8-6-10;8-6-7-4-2-1-3-5-7;8-5-6-1-3-7(9)4-2-6;1-3-8-5-6(7)9-4-2/h5-14H,3-4,15H2,1-2H3;1-10H,11H2;5-8,12,14H,3-4,9H2,1-2H3;1-5H,6H2;1-5,9H;3-5H2,1-2H3/b19-14-;;;;;. The Hall–Kier alpha value is -8.57. The lowest BCUT2D eigenvalue weighted by molar-refractivity contribution is -0.156. The molecule has 0 radical (unpaired) electrons. The van der Waals surface area contributed by atoms with E-state index in [0.717, 1.165) is 51.7 Å². The van der Waals surface area contributed by atoms with E-state index in [2.05, 4.69) is 32.8 Å². The van der Waals surface area contributed by atoms with Gasteiger partial charge in [-0.15, -0.1) is 0 Å². The molecule has 2 N–H and O–H groups in total. The van der Waals surface area contributed by atoms with Crippen LogP contribution in [-0.4, -0.2) is 93.0 Å². The molecule has 15 nitrogen and oxygen atoms in total. The number of ether oxygens (including phenoxy) is 8. The third-order valence-corrected chi connectivity index (χ3v) is 11.1. The second-order valence-electron chi connectivity index (χ2n) is 16.8. The van der Waals surface area contributed by atoms with E-state index in [1.54, 1.807) is 87.5 Å². The molecule has 0 aliphatic carbocycles. The number of hydrogen-bond donors (Lipinski definition) is 2. The lowest BCUT2D eigenvalue weighted by atomic mass is 10.1. The van der Waals surface area contributed by atoms with E-state index >= 15 is 0 Å². The van der Waals surface area contributed by atoms with Crippen molar-refractivity contribution in [2.45, 2.75) is 72.6 Å². The molecule has 83 heavy (non-hydrogen) atoms. The van der Waals surface area contributed by atoms with Crippen molar-refractivity contribution in [2.24, 2.45) is 0 Å². The summed E-state index contributed by atoms with van der Waals surface area (Å²) in [6.45, 7) is 14.4. The molecular formula is C67H77BrO15. The fraction of sp³-hybridized carbons (Fsp3) is 0.269. The maximum atomic E-state index is 11.8. The van der Waals surface area contributed by atoms with Gasteiger partial charge in [0.05, 0.1) is 26.4 Å². The summed E-state index contributed by atoms with van der Waals surface area (Å²) in [6.07, 6.45) is 3.10. The average molecular weight is 1200 g/mol. The van der Waals surface area contributed by atoms with Crippen molar-refractivity contribution in [3.8, 4) is 23.0 Å². The number of alkyl halides is 1. The largest absolute Gasteiger partial charge is 0.508 e. The van der Waals surface area contributed by atoms with E-state index in [0.29, 0.717) is 70.4 Å². The second kappa shape index (κ2) is 45.1. The van der Waals surface area contributed by atoms with Gasteiger partial charge in [0.25, 0.3) is 0 Å². The van der Waals surface area contributed by atoms with Crippen LogP contribution in [0.3, 0.4) is 0 Å². The molecule has 0 spiro atoms. The van der Waals surface area contributed by atoms with E-state index in [1.807, 2.05) is 124 Å². The average Bonchev–Trinajstić information content (AvgIpc) is 3.54. The summed E-state index contributed by atoms with van der Waals surface area (Å²) in [6, 6.07) is 57.6. The first-order valence-electron chi connectivity index (χ1n) is 27.0. The van der Waals surface area contributed by atoms with Crippen molar-refractivity contribution >= 4 is 52.5 Å². The normalized spacial score (nSPS) is 10.4. The fourth-order valence-electron chi connectivity index (χ4n) is 6.45. The van der Waals surface area contributed by atoms with Crippen LogP contribution in [0.15, 0.2) is 194 Å². The lowest BCUT2D eigenvalue weighted by Gasteiger charge is -2.15. The molecule has 7 aromatic rings. The van der Waals surface area contributed by atoms with Crippen LogP contribution in [0.4, 0.5) is 0 Å². The van der Waals surface area contributed by atoms with Crippen molar-refractivity contribution < 1.29 is 72.1 Å². The van der Waals surface area contributed by atoms with Gasteiger partial charge < -0.3 is 48.1 Å². The first-order valence-corrected chi connectivity index (χ1v) is 28.1. The molecule has 0 saturated heterocycles. The zero-order valence-electron chi connectivity index (χ0n) is 48.1. The van der Waals surface area contributed by atoms with Gasteiger partial charge in [0, 0.05) is 36.1 Å². The highest BCUT2D eigenvalue weighted by molar-refractivity contribution is 9.08. The van der Waals surface area contributed by atoms with E-state index in [9.17, 15) is 24.0 Å². The number of aldehydes is 2. The van der Waals surface area contributed by atoms with E-state index < -0.39 is 12.1 Å². The van der Waals surface area contributed by atoms with Gasteiger partial charge in [0.15, 0.2) is 6.10 Å². The van der Waals surface area contributed by atoms with Crippen LogP contribution in [0.2, 0.25) is 0 Å². The molecule has 1 atom stereocenters. The Balaban J connectivity index is 0.000000356. The maximum Gasteiger partial charge on any atom is 0.373 e. The number of carbonyl (C=O) groups is 5. The second-order valence-corrected chi connectivity index (χ2v) is 17.4. The molecule has 0 saturated carbocycles. The summed E-state index contributed by atoms with van der Waals surface area (Å²) < 4.78 is 41.3. The minimum absolute atomic E-state index is 0.0737. The predicted molar refractivity (Wildman–Crippen MR) is 326 cm³/mol. The zero-order chi connectivity index (χ0) is 60.7. The first kappa shape index (κ1) is 70.5. The maximum absolute atomic E-state index is 11.8. The molecule has 7 aromatic carbocycles. The summed E-state index contributed by atoms with van der Waals surface area (Å²) >= 11 is 3.36. The van der Waals surface area contributed by atoms with Gasteiger partial charge in [-0.05, 0) is 148 Å². The van der Waals surface area contributed by atoms with Crippen LogP contribution in [0, 0.1) is 0 Å². The smallest absolute Gasteiger partial charge is 0.373 e. The van der Waals surface area contributed by atoms with Gasteiger partial charge in [-0.25, -0.2) is 14.4 Å². The van der Waals surface area contributed by atoms with Crippen molar-refractivity contribution in [3.63, 3.8) is 0 Å². The molecule has 0 fully saturated rings. The molecule has 16 heteroatoms. The Morgan fingerprint density at radius 2 is 0.880 bits per heavy atom. The lowest BCUT2D eigenvalue weighted by Crippen LogP contribution is -2.28. The van der Waals surface area contributed by atoms with Crippen molar-refractivity contribution in [2.75, 3.05) is 46.2 Å². The molecule has 0 aliphatic rings. The van der Waals surface area contributed by atoms with Gasteiger partial charge in [0.1, 0.15) is 55.4 Å². The van der Waals surface area contributed by atoms with Gasteiger partial charge in [-0.1, -0.05) is 131 Å². The molecule has 0 bridgehead atoms. The minimum Gasteiger partial charge on any atom is -0.508 e. The van der Waals surface area contributed by atoms with Crippen LogP contribution in [0.1, 0.15) is 90.1 Å². The number of rotatable bonds is 24. The number of phenols is 2. The molecule has 442 valence electrons. The third kappa shape index (κ3) is 33.1. The molecular weight excluding hydrogens is 1120 g/mol. The SMILES string of the molecule is BrCc1ccccc1.CCOC(=O)/C(=C/c1ccc(OCc2ccccc2)cc1)OCC.CCOC(=O)C(Cc1ccc(O)cc1)OCC.CCOCC(=O)OCC.O=Cc1ccc(O)cc1.O=Cc1ccc(OCc2ccccc2)cc1. The van der Waals surface area contributed by atoms with Crippen LogP contribution in [-0.2, 0) is 67.8 Å². The Bertz CT molecular complexity index is 2830. The Morgan fingerprint density at radius 3 is 1.28 bits per heavy atom. The van der Waals surface area contributed by atoms with E-state index in [4.69, 9.17) is 43.4 Å². The van der Waals surface area contributed by atoms with Crippen molar-refractivity contribution in [1.29, 1.82) is 0 Å². The zero-order valence-corrected chi connectivity index (χ0v) is 49.7. The predicted octanol–water partition coefficient (Wildman–Crippen LogP) is 13.6. The summed E-state index contributed by atoms with van der Waals surface area (Å²) in [5, 5.41) is 18.9.